The first-order valence-corrected chi connectivity index (χ1v) is 3.60. The molecule has 1 heterocycles. The van der Waals surface area contributed by atoms with Gasteiger partial charge in [0.05, 0.1) is 0 Å². The fourth-order valence-corrected chi connectivity index (χ4v) is 1.04. The van der Waals surface area contributed by atoms with Gasteiger partial charge in [0.25, 0.3) is 5.56 Å². The van der Waals surface area contributed by atoms with E-state index in [9.17, 15) is 4.79 Å². The van der Waals surface area contributed by atoms with Crippen molar-refractivity contribution >= 4 is 0 Å². The first kappa shape index (κ1) is 8.07. The number of H-pyrrole nitrogens is 1. The second-order valence-corrected chi connectivity index (χ2v) is 2.85. The summed E-state index contributed by atoms with van der Waals surface area (Å²) < 4.78 is 1.70. The molecule has 0 radical (unpaired) electrons. The van der Waals surface area contributed by atoms with Crippen LogP contribution in [0.3, 0.4) is 0 Å². The van der Waals surface area contributed by atoms with Crippen molar-refractivity contribution in [1.29, 1.82) is 0 Å². The van der Waals surface area contributed by atoms with Crippen molar-refractivity contribution < 1.29 is 0 Å². The van der Waals surface area contributed by atoms with Crippen molar-refractivity contribution in [2.24, 2.45) is 12.8 Å². The molecular formula is C7H13N3O. The van der Waals surface area contributed by atoms with Gasteiger partial charge in [-0.3, -0.25) is 14.6 Å². The number of aromatic amines is 1. The van der Waals surface area contributed by atoms with Crippen LogP contribution in [0.15, 0.2) is 10.9 Å². The zero-order chi connectivity index (χ0) is 8.43. The summed E-state index contributed by atoms with van der Waals surface area (Å²) in [6.07, 6.45) is 0.731. The number of nitrogens with one attached hydrogen (secondary N) is 1. The van der Waals surface area contributed by atoms with Crippen LogP contribution in [-0.2, 0) is 13.5 Å². The molecule has 0 aromatic carbocycles. The van der Waals surface area contributed by atoms with Gasteiger partial charge in [-0.15, -0.1) is 0 Å². The van der Waals surface area contributed by atoms with E-state index in [1.807, 2.05) is 6.92 Å². The van der Waals surface area contributed by atoms with Crippen LogP contribution in [0, 0.1) is 0 Å². The number of nitrogens with zero attached hydrogens (tertiary/aromatic N) is 1. The Morgan fingerprint density at radius 2 is 2.45 bits per heavy atom. The van der Waals surface area contributed by atoms with Crippen LogP contribution in [0.2, 0.25) is 0 Å². The molecule has 0 amide bonds. The highest BCUT2D eigenvalue weighted by molar-refractivity contribution is 5.01. The van der Waals surface area contributed by atoms with E-state index in [-0.39, 0.29) is 11.6 Å². The Bertz CT molecular complexity index is 284. The Morgan fingerprint density at radius 1 is 1.82 bits per heavy atom. The maximum absolute atomic E-state index is 10.8. The molecule has 1 aromatic rings. The summed E-state index contributed by atoms with van der Waals surface area (Å²) in [5, 5.41) is 2.62. The van der Waals surface area contributed by atoms with Crippen LogP contribution in [0.25, 0.3) is 0 Å². The molecule has 3 N–H and O–H groups in total. The second kappa shape index (κ2) is 2.92. The molecule has 1 aromatic heterocycles. The minimum absolute atomic E-state index is 0.0665. The molecule has 0 saturated carbocycles. The molecule has 0 bridgehead atoms. The molecular weight excluding hydrogens is 142 g/mol. The van der Waals surface area contributed by atoms with Crippen molar-refractivity contribution in [1.82, 2.24) is 9.78 Å². The van der Waals surface area contributed by atoms with E-state index in [4.69, 9.17) is 5.73 Å². The van der Waals surface area contributed by atoms with Gasteiger partial charge in [-0.05, 0) is 6.92 Å². The average Bonchev–Trinajstić information content (AvgIpc) is 2.09. The summed E-state index contributed by atoms with van der Waals surface area (Å²) in [6, 6.07) is 1.67. The van der Waals surface area contributed by atoms with Gasteiger partial charge < -0.3 is 5.73 Å². The quantitative estimate of drug-likeness (QED) is 0.610. The Balaban J connectivity index is 2.86. The summed E-state index contributed by atoms with van der Waals surface area (Å²) >= 11 is 0. The highest BCUT2D eigenvalue weighted by atomic mass is 16.1. The van der Waals surface area contributed by atoms with Crippen molar-refractivity contribution in [2.45, 2.75) is 19.4 Å². The lowest BCUT2D eigenvalue weighted by Gasteiger charge is -2.04. The first-order chi connectivity index (χ1) is 5.09. The third-order valence-corrected chi connectivity index (χ3v) is 1.54. The van der Waals surface area contributed by atoms with Crippen LogP contribution in [-0.4, -0.2) is 15.8 Å². The van der Waals surface area contributed by atoms with Crippen LogP contribution in [0.4, 0.5) is 0 Å². The highest BCUT2D eigenvalue weighted by Crippen LogP contribution is 1.95. The molecule has 1 rings (SSSR count). The zero-order valence-corrected chi connectivity index (χ0v) is 6.79. The van der Waals surface area contributed by atoms with Gasteiger partial charge in [0, 0.05) is 31.3 Å². The predicted molar refractivity (Wildman–Crippen MR) is 43.4 cm³/mol. The number of nitrogens with two attached hydrogens (primary N) is 1. The topological polar surface area (TPSA) is 63.8 Å². The molecule has 1 unspecified atom stereocenters. The maximum Gasteiger partial charge on any atom is 0.264 e. The number of aromatic nitrogens is 2. The van der Waals surface area contributed by atoms with E-state index in [1.54, 1.807) is 17.8 Å². The number of rotatable bonds is 2. The predicted octanol–water partition coefficient (Wildman–Crippen LogP) is -0.397. The van der Waals surface area contributed by atoms with Gasteiger partial charge >= 0.3 is 0 Å². The molecule has 0 aliphatic rings. The fraction of sp³-hybridized carbons (Fsp3) is 0.571. The van der Waals surface area contributed by atoms with Crippen LogP contribution >= 0.6 is 0 Å². The lowest BCUT2D eigenvalue weighted by molar-refractivity contribution is 0.648. The standard InChI is InChI=1S/C7H13N3O/c1-5(8)3-6-4-7(11)9-10(6)2/h4-5H,3,8H2,1-2H3,(H,9,11). The maximum atomic E-state index is 10.8. The fourth-order valence-electron chi connectivity index (χ4n) is 1.04. The van der Waals surface area contributed by atoms with Gasteiger partial charge in [0.15, 0.2) is 0 Å². The first-order valence-electron chi connectivity index (χ1n) is 3.60. The van der Waals surface area contributed by atoms with E-state index < -0.39 is 0 Å². The van der Waals surface area contributed by atoms with Crippen LogP contribution in [0.1, 0.15) is 12.6 Å². The largest absolute Gasteiger partial charge is 0.328 e. The summed E-state index contributed by atoms with van der Waals surface area (Å²) in [5.74, 6) is 0. The third-order valence-electron chi connectivity index (χ3n) is 1.54. The van der Waals surface area contributed by atoms with Crippen molar-refractivity contribution in [2.75, 3.05) is 0 Å². The minimum Gasteiger partial charge on any atom is -0.328 e. The molecule has 4 heteroatoms. The van der Waals surface area contributed by atoms with Crippen molar-refractivity contribution in [3.8, 4) is 0 Å². The van der Waals surface area contributed by atoms with Crippen LogP contribution in [0.5, 0.6) is 0 Å². The molecule has 4 nitrogen and oxygen atoms in total. The van der Waals surface area contributed by atoms with E-state index in [1.165, 1.54) is 0 Å². The molecule has 0 saturated heterocycles. The van der Waals surface area contributed by atoms with Crippen LogP contribution < -0.4 is 11.3 Å². The molecule has 0 fully saturated rings. The second-order valence-electron chi connectivity index (χ2n) is 2.85. The lowest BCUT2D eigenvalue weighted by Crippen LogP contribution is -2.19. The zero-order valence-electron chi connectivity index (χ0n) is 6.79. The molecule has 0 aliphatic heterocycles. The minimum atomic E-state index is -0.0665. The summed E-state index contributed by atoms with van der Waals surface area (Å²) in [6.45, 7) is 1.91. The van der Waals surface area contributed by atoms with E-state index >= 15 is 0 Å². The smallest absolute Gasteiger partial charge is 0.264 e. The molecule has 1 atom stereocenters. The van der Waals surface area contributed by atoms with Crippen molar-refractivity contribution in [3.05, 3.63) is 22.1 Å². The lowest BCUT2D eigenvalue weighted by atomic mass is 10.2. The van der Waals surface area contributed by atoms with Gasteiger partial charge in [0.2, 0.25) is 0 Å². The molecule has 62 valence electrons. The Hall–Kier alpha value is -1.03. The number of aryl methyl sites for hydroxylation is 1. The summed E-state index contributed by atoms with van der Waals surface area (Å²) in [4.78, 5) is 10.8. The SMILES string of the molecule is CC(N)Cc1cc(=O)[nH]n1C. The average molecular weight is 155 g/mol. The molecule has 11 heavy (non-hydrogen) atoms. The normalized spacial score (nSPS) is 13.4. The van der Waals surface area contributed by atoms with Gasteiger partial charge in [-0.2, -0.15) is 0 Å². The monoisotopic (exact) mass is 155 g/mol. The van der Waals surface area contributed by atoms with E-state index in [0.29, 0.717) is 0 Å². The van der Waals surface area contributed by atoms with Crippen molar-refractivity contribution in [3.63, 3.8) is 0 Å². The highest BCUT2D eigenvalue weighted by Gasteiger charge is 2.02. The Morgan fingerprint density at radius 3 is 2.82 bits per heavy atom. The molecule has 0 aliphatic carbocycles. The van der Waals surface area contributed by atoms with Gasteiger partial charge in [-0.25, -0.2) is 0 Å². The summed E-state index contributed by atoms with van der Waals surface area (Å²) in [5.41, 5.74) is 6.46. The number of hydrogen-bond acceptors (Lipinski definition) is 2. The summed E-state index contributed by atoms with van der Waals surface area (Å²) in [7, 11) is 1.80. The van der Waals surface area contributed by atoms with Gasteiger partial charge in [-0.1, -0.05) is 0 Å². The Labute approximate surface area is 65.0 Å². The van der Waals surface area contributed by atoms with Gasteiger partial charge in [0.1, 0.15) is 0 Å². The Kier molecular flexibility index (Phi) is 2.14. The third kappa shape index (κ3) is 1.94. The number of hydrogen-bond donors (Lipinski definition) is 2. The molecule has 0 spiro atoms. The van der Waals surface area contributed by atoms with E-state index in [0.717, 1.165) is 12.1 Å². The van der Waals surface area contributed by atoms with E-state index in [2.05, 4.69) is 5.10 Å².